The Morgan fingerprint density at radius 2 is 1.69 bits per heavy atom. The van der Waals surface area contributed by atoms with E-state index in [0.29, 0.717) is 30.7 Å². The second-order valence-corrected chi connectivity index (χ2v) is 12.0. The van der Waals surface area contributed by atoms with Crippen LogP contribution in [0.15, 0.2) is 62.7 Å². The molecule has 1 aromatic heterocycles. The van der Waals surface area contributed by atoms with Crippen molar-refractivity contribution in [2.75, 3.05) is 31.8 Å². The predicted octanol–water partition coefficient (Wildman–Crippen LogP) is 2.19. The normalized spacial score (nSPS) is 17.1. The van der Waals surface area contributed by atoms with E-state index >= 15 is 0 Å². The lowest BCUT2D eigenvalue weighted by Gasteiger charge is -2.30. The number of hydrogen-bond donors (Lipinski definition) is 1. The molecule has 3 aromatic rings. The van der Waals surface area contributed by atoms with Gasteiger partial charge in [-0.25, -0.2) is 16.8 Å². The van der Waals surface area contributed by atoms with Gasteiger partial charge in [0, 0.05) is 24.9 Å². The summed E-state index contributed by atoms with van der Waals surface area (Å²) in [6.07, 6.45) is 2.14. The monoisotopic (exact) mass is 520 g/mol. The molecule has 0 bridgehead atoms. The van der Waals surface area contributed by atoms with Crippen molar-refractivity contribution in [3.05, 3.63) is 48.5 Å². The molecule has 13 heteroatoms. The van der Waals surface area contributed by atoms with Gasteiger partial charge in [0.1, 0.15) is 5.75 Å². The molecule has 0 spiro atoms. The summed E-state index contributed by atoms with van der Waals surface area (Å²) in [4.78, 5) is 13.1. The van der Waals surface area contributed by atoms with E-state index in [9.17, 15) is 21.6 Å². The first-order valence-corrected chi connectivity index (χ1v) is 14.0. The fourth-order valence-electron chi connectivity index (χ4n) is 3.71. The summed E-state index contributed by atoms with van der Waals surface area (Å²) < 4.78 is 61.1. The minimum atomic E-state index is -3.77. The van der Waals surface area contributed by atoms with Crippen LogP contribution < -0.4 is 10.1 Å². The van der Waals surface area contributed by atoms with Crippen molar-refractivity contribution in [2.45, 2.75) is 22.6 Å². The SMILES string of the molecule is COc1ccc(S(=O)(=O)N2CCCC(C(=O)Nc3nnc(-c4ccc(S(C)(=O)=O)cc4)o3)C2)cc1. The van der Waals surface area contributed by atoms with Gasteiger partial charge < -0.3 is 9.15 Å². The average molecular weight is 521 g/mol. The summed E-state index contributed by atoms with van der Waals surface area (Å²) in [6.45, 7) is 0.334. The van der Waals surface area contributed by atoms with Gasteiger partial charge in [0.05, 0.1) is 22.8 Å². The molecule has 1 atom stereocenters. The summed E-state index contributed by atoms with van der Waals surface area (Å²) in [6, 6.07) is 11.9. The molecule has 2 aromatic carbocycles. The Balaban J connectivity index is 1.42. The van der Waals surface area contributed by atoms with Crippen LogP contribution in [0, 0.1) is 5.92 Å². The van der Waals surface area contributed by atoms with Crippen molar-refractivity contribution in [3.63, 3.8) is 0 Å². The van der Waals surface area contributed by atoms with E-state index in [1.807, 2.05) is 0 Å². The van der Waals surface area contributed by atoms with Crippen LogP contribution in [-0.2, 0) is 24.7 Å². The molecule has 186 valence electrons. The number of piperidine rings is 1. The standard InChI is InChI=1S/C22H24N4O7S2/c1-32-17-7-11-19(12-8-17)35(30,31)26-13-3-4-16(14-26)20(27)23-22-25-24-21(33-22)15-5-9-18(10-6-15)34(2,28)29/h5-12,16H,3-4,13-14H2,1-2H3,(H,23,25,27). The van der Waals surface area contributed by atoms with E-state index < -0.39 is 31.7 Å². The van der Waals surface area contributed by atoms with Gasteiger partial charge in [-0.1, -0.05) is 5.10 Å². The number of amides is 1. The third-order valence-electron chi connectivity index (χ3n) is 5.64. The van der Waals surface area contributed by atoms with Gasteiger partial charge in [0.15, 0.2) is 9.84 Å². The molecule has 35 heavy (non-hydrogen) atoms. The second kappa shape index (κ2) is 9.76. The summed E-state index contributed by atoms with van der Waals surface area (Å²) in [5.41, 5.74) is 0.486. The van der Waals surface area contributed by atoms with E-state index in [4.69, 9.17) is 9.15 Å². The van der Waals surface area contributed by atoms with E-state index in [-0.39, 0.29) is 28.2 Å². The molecule has 11 nitrogen and oxygen atoms in total. The van der Waals surface area contributed by atoms with Crippen molar-refractivity contribution in [2.24, 2.45) is 5.92 Å². The molecule has 1 aliphatic rings. The van der Waals surface area contributed by atoms with Gasteiger partial charge >= 0.3 is 6.01 Å². The fraction of sp³-hybridized carbons (Fsp3) is 0.318. The molecule has 1 aliphatic heterocycles. The third-order valence-corrected chi connectivity index (χ3v) is 8.64. The molecule has 1 fully saturated rings. The van der Waals surface area contributed by atoms with Crippen LogP contribution in [0.1, 0.15) is 12.8 Å². The zero-order chi connectivity index (χ0) is 25.2. The molecule has 1 unspecified atom stereocenters. The highest BCUT2D eigenvalue weighted by Crippen LogP contribution is 2.27. The number of benzene rings is 2. The van der Waals surface area contributed by atoms with Crippen LogP contribution in [0.2, 0.25) is 0 Å². The van der Waals surface area contributed by atoms with Gasteiger partial charge in [-0.15, -0.1) is 5.10 Å². The summed E-state index contributed by atoms with van der Waals surface area (Å²) in [5.74, 6) is -0.374. The van der Waals surface area contributed by atoms with Crippen LogP contribution in [0.5, 0.6) is 5.75 Å². The first-order chi connectivity index (χ1) is 16.6. The molecule has 2 heterocycles. The second-order valence-electron chi connectivity index (χ2n) is 8.08. The molecular weight excluding hydrogens is 496 g/mol. The minimum Gasteiger partial charge on any atom is -0.497 e. The Morgan fingerprint density at radius 3 is 2.31 bits per heavy atom. The number of aromatic nitrogens is 2. The zero-order valence-electron chi connectivity index (χ0n) is 19.0. The lowest BCUT2D eigenvalue weighted by atomic mass is 9.99. The maximum Gasteiger partial charge on any atom is 0.322 e. The van der Waals surface area contributed by atoms with Gasteiger partial charge in [-0.05, 0) is 61.4 Å². The molecule has 0 saturated carbocycles. The number of carbonyl (C=O) groups is 1. The maximum absolute atomic E-state index is 13.0. The average Bonchev–Trinajstić information content (AvgIpc) is 3.32. The largest absolute Gasteiger partial charge is 0.497 e. The van der Waals surface area contributed by atoms with Crippen molar-refractivity contribution < 1.29 is 30.8 Å². The number of hydrogen-bond acceptors (Lipinski definition) is 9. The molecule has 0 aliphatic carbocycles. The minimum absolute atomic E-state index is 0.0220. The fourth-order valence-corrected chi connectivity index (χ4v) is 5.87. The molecular formula is C22H24N4O7S2. The first-order valence-electron chi connectivity index (χ1n) is 10.7. The zero-order valence-corrected chi connectivity index (χ0v) is 20.7. The number of sulfone groups is 1. The van der Waals surface area contributed by atoms with Crippen LogP contribution in [0.25, 0.3) is 11.5 Å². The van der Waals surface area contributed by atoms with E-state index in [0.717, 1.165) is 6.26 Å². The van der Waals surface area contributed by atoms with Crippen molar-refractivity contribution in [1.82, 2.24) is 14.5 Å². The highest BCUT2D eigenvalue weighted by molar-refractivity contribution is 7.90. The Labute approximate surface area is 203 Å². The predicted molar refractivity (Wildman–Crippen MR) is 126 cm³/mol. The Kier molecular flexibility index (Phi) is 6.92. The number of nitrogens with one attached hydrogen (secondary N) is 1. The Hall–Kier alpha value is -3.29. The summed E-state index contributed by atoms with van der Waals surface area (Å²) in [7, 11) is -5.61. The number of nitrogens with zero attached hydrogens (tertiary/aromatic N) is 3. The van der Waals surface area contributed by atoms with E-state index in [1.54, 1.807) is 12.1 Å². The number of methoxy groups -OCH3 is 1. The van der Waals surface area contributed by atoms with Gasteiger partial charge in [0.25, 0.3) is 0 Å². The van der Waals surface area contributed by atoms with Crippen LogP contribution in [0.4, 0.5) is 6.01 Å². The number of carbonyl (C=O) groups excluding carboxylic acids is 1. The van der Waals surface area contributed by atoms with Crippen LogP contribution in [0.3, 0.4) is 0 Å². The van der Waals surface area contributed by atoms with Gasteiger partial charge in [-0.3, -0.25) is 10.1 Å². The molecule has 1 saturated heterocycles. The van der Waals surface area contributed by atoms with Crippen molar-refractivity contribution >= 4 is 31.8 Å². The quantitative estimate of drug-likeness (QED) is 0.495. The lowest BCUT2D eigenvalue weighted by Crippen LogP contribution is -2.43. The highest BCUT2D eigenvalue weighted by atomic mass is 32.2. The van der Waals surface area contributed by atoms with Crippen molar-refractivity contribution in [1.29, 1.82) is 0 Å². The number of sulfonamides is 1. The number of anilines is 1. The third kappa shape index (κ3) is 5.52. The first kappa shape index (κ1) is 24.8. The molecule has 1 N–H and O–H groups in total. The number of ether oxygens (including phenoxy) is 1. The molecule has 1 amide bonds. The topological polar surface area (TPSA) is 149 Å². The van der Waals surface area contributed by atoms with Crippen molar-refractivity contribution in [3.8, 4) is 17.2 Å². The number of rotatable bonds is 7. The van der Waals surface area contributed by atoms with Gasteiger partial charge in [-0.2, -0.15) is 4.31 Å². The maximum atomic E-state index is 13.0. The summed E-state index contributed by atoms with van der Waals surface area (Å²) >= 11 is 0. The van der Waals surface area contributed by atoms with E-state index in [1.165, 1.54) is 47.8 Å². The molecule has 4 rings (SSSR count). The smallest absolute Gasteiger partial charge is 0.322 e. The Morgan fingerprint density at radius 1 is 1.03 bits per heavy atom. The van der Waals surface area contributed by atoms with Gasteiger partial charge in [0.2, 0.25) is 21.8 Å². The molecule has 0 radical (unpaired) electrons. The van der Waals surface area contributed by atoms with Crippen LogP contribution in [-0.4, -0.2) is 63.7 Å². The highest BCUT2D eigenvalue weighted by Gasteiger charge is 2.34. The lowest BCUT2D eigenvalue weighted by molar-refractivity contribution is -0.121. The van der Waals surface area contributed by atoms with Crippen LogP contribution >= 0.6 is 0 Å². The Bertz CT molecular complexity index is 1420. The van der Waals surface area contributed by atoms with E-state index in [2.05, 4.69) is 15.5 Å². The summed E-state index contributed by atoms with van der Waals surface area (Å²) in [5, 5.41) is 10.3.